The van der Waals surface area contributed by atoms with Gasteiger partial charge in [0, 0.05) is 24.1 Å². The number of amides is 2. The number of likely N-dealkylation sites (tertiary alicyclic amines) is 1. The van der Waals surface area contributed by atoms with Crippen molar-refractivity contribution in [1.29, 1.82) is 0 Å². The summed E-state index contributed by atoms with van der Waals surface area (Å²) in [6.45, 7) is 3.92. The van der Waals surface area contributed by atoms with E-state index >= 15 is 0 Å². The molecule has 0 aromatic heterocycles. The van der Waals surface area contributed by atoms with Gasteiger partial charge in [0.2, 0.25) is 0 Å². The van der Waals surface area contributed by atoms with Crippen molar-refractivity contribution < 1.29 is 19.4 Å². The monoisotopic (exact) mass is 416 g/mol. The van der Waals surface area contributed by atoms with Crippen LogP contribution in [0.3, 0.4) is 0 Å². The van der Waals surface area contributed by atoms with E-state index in [1.165, 1.54) is 31.5 Å². The smallest absolute Gasteiger partial charge is 0.279 e. The molecule has 0 radical (unpaired) electrons. The van der Waals surface area contributed by atoms with E-state index in [9.17, 15) is 9.59 Å². The van der Waals surface area contributed by atoms with E-state index in [1.807, 2.05) is 25.2 Å². The van der Waals surface area contributed by atoms with E-state index in [2.05, 4.69) is 22.8 Å². The number of likely N-dealkylation sites (N-methyl/N-ethyl adjacent to an activating group) is 1. The van der Waals surface area contributed by atoms with E-state index in [0.29, 0.717) is 10.7 Å². The standard InChI is InChI=1S/C22H27ClN4O2/c1-26(16-22(29)25-20-7-3-2-6-19(20)23)15-21(28)24-18-10-8-17(9-11-18)14-27-12-4-5-13-27/h2-3,6-11H,4-5,12-16H2,1H3,(H,24,28)(H,25,29)/p+2. The lowest BCUT2D eigenvalue weighted by molar-refractivity contribution is -0.901. The number of carbonyl (C=O) groups is 2. The van der Waals surface area contributed by atoms with Gasteiger partial charge in [-0.2, -0.15) is 0 Å². The summed E-state index contributed by atoms with van der Waals surface area (Å²) >= 11 is 6.05. The van der Waals surface area contributed by atoms with Gasteiger partial charge < -0.3 is 20.4 Å². The van der Waals surface area contributed by atoms with Crippen LogP contribution in [-0.4, -0.2) is 45.0 Å². The van der Waals surface area contributed by atoms with Crippen molar-refractivity contribution in [2.24, 2.45) is 0 Å². The number of quaternary nitrogens is 2. The van der Waals surface area contributed by atoms with Gasteiger partial charge in [-0.1, -0.05) is 35.9 Å². The number of para-hydroxylation sites is 1. The fourth-order valence-corrected chi connectivity index (χ4v) is 3.80. The molecule has 1 unspecified atom stereocenters. The molecule has 1 heterocycles. The molecule has 0 bridgehead atoms. The number of benzene rings is 2. The molecule has 1 atom stereocenters. The molecule has 1 fully saturated rings. The average molecular weight is 417 g/mol. The molecule has 29 heavy (non-hydrogen) atoms. The molecule has 2 amide bonds. The summed E-state index contributed by atoms with van der Waals surface area (Å²) in [5.74, 6) is -0.303. The molecule has 0 spiro atoms. The van der Waals surface area contributed by atoms with Crippen molar-refractivity contribution >= 4 is 34.8 Å². The van der Waals surface area contributed by atoms with E-state index in [1.54, 1.807) is 23.1 Å². The van der Waals surface area contributed by atoms with Gasteiger partial charge in [-0.3, -0.25) is 9.59 Å². The van der Waals surface area contributed by atoms with E-state index < -0.39 is 0 Å². The molecule has 154 valence electrons. The van der Waals surface area contributed by atoms with E-state index in [0.717, 1.165) is 17.1 Å². The molecule has 2 aromatic rings. The molecule has 2 aromatic carbocycles. The highest BCUT2D eigenvalue weighted by Crippen LogP contribution is 2.19. The van der Waals surface area contributed by atoms with Crippen LogP contribution in [0.15, 0.2) is 48.5 Å². The van der Waals surface area contributed by atoms with Crippen LogP contribution in [-0.2, 0) is 16.1 Å². The second-order valence-corrected chi connectivity index (χ2v) is 8.12. The van der Waals surface area contributed by atoms with Crippen molar-refractivity contribution in [2.75, 3.05) is 43.9 Å². The number of carbonyl (C=O) groups excluding carboxylic acids is 2. The van der Waals surface area contributed by atoms with Crippen molar-refractivity contribution in [3.63, 3.8) is 0 Å². The van der Waals surface area contributed by atoms with Gasteiger partial charge in [0.15, 0.2) is 13.1 Å². The number of hydrogen-bond acceptors (Lipinski definition) is 2. The Labute approximate surface area is 176 Å². The van der Waals surface area contributed by atoms with Crippen molar-refractivity contribution in [3.05, 3.63) is 59.1 Å². The summed E-state index contributed by atoms with van der Waals surface area (Å²) in [4.78, 5) is 26.9. The van der Waals surface area contributed by atoms with Crippen LogP contribution in [0.2, 0.25) is 5.02 Å². The minimum absolute atomic E-state index is 0.119. The zero-order valence-electron chi connectivity index (χ0n) is 16.8. The Bertz CT molecular complexity index is 835. The highest BCUT2D eigenvalue weighted by molar-refractivity contribution is 6.33. The maximum atomic E-state index is 12.3. The first-order chi connectivity index (χ1) is 14.0. The van der Waals surface area contributed by atoms with Crippen LogP contribution < -0.4 is 20.4 Å². The molecule has 1 saturated heterocycles. The van der Waals surface area contributed by atoms with Crippen LogP contribution in [0.5, 0.6) is 0 Å². The van der Waals surface area contributed by atoms with Crippen LogP contribution in [0.25, 0.3) is 0 Å². The minimum atomic E-state index is -0.183. The first kappa shape index (κ1) is 21.3. The van der Waals surface area contributed by atoms with Crippen molar-refractivity contribution in [3.8, 4) is 0 Å². The van der Waals surface area contributed by atoms with Gasteiger partial charge in [-0.15, -0.1) is 0 Å². The highest BCUT2D eigenvalue weighted by Gasteiger charge is 2.17. The molecule has 3 rings (SSSR count). The fraction of sp³-hybridized carbons (Fsp3) is 0.364. The molecule has 0 aliphatic carbocycles. The number of hydrogen-bond donors (Lipinski definition) is 4. The van der Waals surface area contributed by atoms with Crippen LogP contribution >= 0.6 is 11.6 Å². The average Bonchev–Trinajstić information content (AvgIpc) is 3.18. The number of nitrogens with one attached hydrogen (secondary N) is 4. The Hall–Kier alpha value is -2.41. The zero-order chi connectivity index (χ0) is 20.6. The van der Waals surface area contributed by atoms with Gasteiger partial charge in [-0.05, 0) is 24.3 Å². The van der Waals surface area contributed by atoms with E-state index in [4.69, 9.17) is 11.6 Å². The molecular weight excluding hydrogens is 388 g/mol. The van der Waals surface area contributed by atoms with Gasteiger partial charge in [0.1, 0.15) is 6.54 Å². The van der Waals surface area contributed by atoms with Crippen molar-refractivity contribution in [2.45, 2.75) is 19.4 Å². The lowest BCUT2D eigenvalue weighted by atomic mass is 10.2. The summed E-state index contributed by atoms with van der Waals surface area (Å²) in [6.07, 6.45) is 2.63. The molecule has 6 nitrogen and oxygen atoms in total. The Kier molecular flexibility index (Phi) is 7.63. The molecule has 7 heteroatoms. The number of halogens is 1. The van der Waals surface area contributed by atoms with Gasteiger partial charge >= 0.3 is 0 Å². The lowest BCUT2D eigenvalue weighted by Gasteiger charge is -2.15. The van der Waals surface area contributed by atoms with Gasteiger partial charge in [-0.25, -0.2) is 0 Å². The van der Waals surface area contributed by atoms with Crippen molar-refractivity contribution in [1.82, 2.24) is 0 Å². The third-order valence-electron chi connectivity index (χ3n) is 5.08. The number of rotatable bonds is 8. The minimum Gasteiger partial charge on any atom is -0.331 e. The third-order valence-corrected chi connectivity index (χ3v) is 5.40. The Balaban J connectivity index is 1.42. The van der Waals surface area contributed by atoms with Gasteiger partial charge in [0.25, 0.3) is 11.8 Å². The lowest BCUT2D eigenvalue weighted by Crippen LogP contribution is -3.11. The summed E-state index contributed by atoms with van der Waals surface area (Å²) in [5, 5.41) is 6.17. The Morgan fingerprint density at radius 2 is 1.59 bits per heavy atom. The maximum Gasteiger partial charge on any atom is 0.279 e. The molecule has 4 N–H and O–H groups in total. The summed E-state index contributed by atoms with van der Waals surface area (Å²) in [5.41, 5.74) is 2.65. The SMILES string of the molecule is C[NH+](CC(=O)Nc1ccc(C[NH+]2CCCC2)cc1)CC(=O)Nc1ccccc1Cl. The predicted molar refractivity (Wildman–Crippen MR) is 115 cm³/mol. The maximum absolute atomic E-state index is 12.3. The molecular formula is C22H29ClN4O2+2. The summed E-state index contributed by atoms with van der Waals surface area (Å²) in [7, 11) is 1.81. The highest BCUT2D eigenvalue weighted by atomic mass is 35.5. The third kappa shape index (κ3) is 6.85. The number of anilines is 2. The van der Waals surface area contributed by atoms with E-state index in [-0.39, 0.29) is 24.9 Å². The second-order valence-electron chi connectivity index (χ2n) is 7.72. The largest absolute Gasteiger partial charge is 0.331 e. The first-order valence-electron chi connectivity index (χ1n) is 10.1. The fourth-order valence-electron chi connectivity index (χ4n) is 3.62. The predicted octanol–water partition coefficient (Wildman–Crippen LogP) is 0.611. The molecule has 1 aliphatic rings. The zero-order valence-corrected chi connectivity index (χ0v) is 17.5. The second kappa shape index (κ2) is 10.4. The topological polar surface area (TPSA) is 67.1 Å². The van der Waals surface area contributed by atoms with Crippen LogP contribution in [0.1, 0.15) is 18.4 Å². The van der Waals surface area contributed by atoms with Crippen LogP contribution in [0.4, 0.5) is 11.4 Å². The van der Waals surface area contributed by atoms with Crippen LogP contribution in [0, 0.1) is 0 Å². The van der Waals surface area contributed by atoms with Gasteiger partial charge in [0.05, 0.1) is 30.8 Å². The normalized spacial score (nSPS) is 15.1. The Morgan fingerprint density at radius 1 is 0.966 bits per heavy atom. The molecule has 1 aliphatic heterocycles. The molecule has 0 saturated carbocycles. The summed E-state index contributed by atoms with van der Waals surface area (Å²) < 4.78 is 0. The quantitative estimate of drug-likeness (QED) is 0.509. The first-order valence-corrected chi connectivity index (χ1v) is 10.5. The Morgan fingerprint density at radius 3 is 2.24 bits per heavy atom. The summed E-state index contributed by atoms with van der Waals surface area (Å²) in [6, 6.07) is 15.1.